The van der Waals surface area contributed by atoms with Crippen LogP contribution in [0.15, 0.2) is 22.7 Å². The van der Waals surface area contributed by atoms with Crippen LogP contribution in [0.3, 0.4) is 0 Å². The molecule has 0 bridgehead atoms. The largest absolute Gasteiger partial charge is 0.417 e. The third kappa shape index (κ3) is 5.43. The maximum absolute atomic E-state index is 12.7. The summed E-state index contributed by atoms with van der Waals surface area (Å²) in [7, 11) is -0.994. The van der Waals surface area contributed by atoms with Gasteiger partial charge < -0.3 is 5.32 Å². The topological polar surface area (TPSA) is 46.2 Å². The van der Waals surface area contributed by atoms with E-state index in [4.69, 9.17) is 0 Å². The van der Waals surface area contributed by atoms with Crippen LogP contribution < -0.4 is 5.32 Å². The summed E-state index contributed by atoms with van der Waals surface area (Å²) in [5, 5.41) is 2.44. The molecule has 1 N–H and O–H groups in total. The molecule has 1 rings (SSSR count). The van der Waals surface area contributed by atoms with Crippen molar-refractivity contribution in [2.24, 2.45) is 0 Å². The fourth-order valence-corrected chi connectivity index (χ4v) is 2.46. The first-order chi connectivity index (χ1) is 9.62. The Morgan fingerprint density at radius 2 is 2.05 bits per heavy atom. The molecule has 8 heteroatoms. The molecule has 1 aromatic carbocycles. The van der Waals surface area contributed by atoms with Crippen molar-refractivity contribution in [2.75, 3.05) is 12.8 Å². The Hall–Kier alpha value is -0.890. The Morgan fingerprint density at radius 1 is 1.43 bits per heavy atom. The molecule has 0 saturated heterocycles. The summed E-state index contributed by atoms with van der Waals surface area (Å²) in [5.74, 6) is -0.581. The third-order valence-electron chi connectivity index (χ3n) is 2.94. The Labute approximate surface area is 131 Å². The molecule has 2 unspecified atom stereocenters. The van der Waals surface area contributed by atoms with Crippen LogP contribution in [0.4, 0.5) is 13.2 Å². The number of benzene rings is 1. The zero-order valence-corrected chi connectivity index (χ0v) is 13.9. The van der Waals surface area contributed by atoms with E-state index in [0.717, 1.165) is 6.07 Å². The molecule has 1 amide bonds. The third-order valence-corrected chi connectivity index (χ3v) is 5.00. The first-order valence-electron chi connectivity index (χ1n) is 6.10. The highest BCUT2D eigenvalue weighted by atomic mass is 79.9. The zero-order valence-electron chi connectivity index (χ0n) is 11.5. The summed E-state index contributed by atoms with van der Waals surface area (Å²) in [6.45, 7) is 2.04. The first-order valence-corrected chi connectivity index (χ1v) is 8.51. The molecule has 2 atom stereocenters. The van der Waals surface area contributed by atoms with Gasteiger partial charge in [-0.25, -0.2) is 0 Å². The molecule has 0 aliphatic carbocycles. The van der Waals surface area contributed by atoms with Gasteiger partial charge in [0.2, 0.25) is 0 Å². The zero-order chi connectivity index (χ0) is 16.2. The van der Waals surface area contributed by atoms with Crippen LogP contribution in [0.25, 0.3) is 0 Å². The van der Waals surface area contributed by atoms with Gasteiger partial charge in [0.25, 0.3) is 5.91 Å². The van der Waals surface area contributed by atoms with Gasteiger partial charge in [0.15, 0.2) is 0 Å². The van der Waals surface area contributed by atoms with Gasteiger partial charge in [0, 0.05) is 38.9 Å². The van der Waals surface area contributed by atoms with Crippen molar-refractivity contribution in [3.8, 4) is 0 Å². The molecule has 118 valence electrons. The fraction of sp³-hybridized carbons (Fsp3) is 0.462. The lowest BCUT2D eigenvalue weighted by atomic mass is 10.1. The second kappa shape index (κ2) is 7.40. The van der Waals surface area contributed by atoms with Gasteiger partial charge in [0.05, 0.1) is 5.56 Å². The van der Waals surface area contributed by atoms with E-state index < -0.39 is 28.4 Å². The lowest BCUT2D eigenvalue weighted by Crippen LogP contribution is -2.27. The predicted octanol–water partition coefficient (Wildman–Crippen LogP) is 3.35. The summed E-state index contributed by atoms with van der Waals surface area (Å²) >= 11 is 2.82. The Bertz CT molecular complexity index is 549. The number of rotatable bonds is 5. The van der Waals surface area contributed by atoms with E-state index in [-0.39, 0.29) is 21.8 Å². The number of halogens is 4. The SMILES string of the molecule is CC(CCNC(=O)c1ccc(Br)c(C(F)(F)F)c1)S(C)=O. The molecule has 0 aromatic heterocycles. The second-order valence-corrected chi connectivity index (χ2v) is 7.20. The Balaban J connectivity index is 2.73. The number of carbonyl (C=O) groups excluding carboxylic acids is 1. The molecule has 0 radical (unpaired) electrons. The second-order valence-electron chi connectivity index (χ2n) is 4.55. The van der Waals surface area contributed by atoms with Gasteiger partial charge in [-0.3, -0.25) is 9.00 Å². The predicted molar refractivity (Wildman–Crippen MR) is 79.6 cm³/mol. The molecular weight excluding hydrogens is 371 g/mol. The highest BCUT2D eigenvalue weighted by Crippen LogP contribution is 2.35. The van der Waals surface area contributed by atoms with Crippen molar-refractivity contribution in [1.82, 2.24) is 5.32 Å². The standard InChI is InChI=1S/C13H15BrF3NO2S/c1-8(21(2)20)5-6-18-12(19)9-3-4-11(14)10(7-9)13(15,16)17/h3-4,7-8H,5-6H2,1-2H3,(H,18,19). The lowest BCUT2D eigenvalue weighted by molar-refractivity contribution is -0.138. The maximum atomic E-state index is 12.7. The van der Waals surface area contributed by atoms with Gasteiger partial charge in [-0.05, 0) is 24.6 Å². The minimum atomic E-state index is -4.53. The quantitative estimate of drug-likeness (QED) is 0.844. The van der Waals surface area contributed by atoms with Crippen molar-refractivity contribution in [1.29, 1.82) is 0 Å². The van der Waals surface area contributed by atoms with E-state index in [0.29, 0.717) is 6.42 Å². The van der Waals surface area contributed by atoms with Crippen molar-refractivity contribution in [3.63, 3.8) is 0 Å². The van der Waals surface area contributed by atoms with E-state index in [1.165, 1.54) is 12.1 Å². The summed E-state index contributed by atoms with van der Waals surface area (Å²) < 4.78 is 49.3. The summed E-state index contributed by atoms with van der Waals surface area (Å²) in [5.41, 5.74) is -0.950. The Morgan fingerprint density at radius 3 is 2.57 bits per heavy atom. The van der Waals surface area contributed by atoms with Gasteiger partial charge in [0.1, 0.15) is 0 Å². The molecule has 21 heavy (non-hydrogen) atoms. The highest BCUT2D eigenvalue weighted by Gasteiger charge is 2.33. The van der Waals surface area contributed by atoms with Crippen LogP contribution in [-0.4, -0.2) is 28.2 Å². The van der Waals surface area contributed by atoms with Gasteiger partial charge in [-0.15, -0.1) is 0 Å². The number of carbonyl (C=O) groups is 1. The van der Waals surface area contributed by atoms with Crippen LogP contribution in [0.1, 0.15) is 29.3 Å². The number of hydrogen-bond donors (Lipinski definition) is 1. The molecule has 0 aliphatic heterocycles. The molecule has 0 aliphatic rings. The smallest absolute Gasteiger partial charge is 0.352 e. The number of amides is 1. The van der Waals surface area contributed by atoms with Gasteiger partial charge in [-0.1, -0.05) is 22.9 Å². The number of alkyl halides is 3. The minimum absolute atomic E-state index is 0.0594. The Kier molecular flexibility index (Phi) is 6.40. The average Bonchev–Trinajstić information content (AvgIpc) is 2.37. The summed E-state index contributed by atoms with van der Waals surface area (Å²) in [6, 6.07) is 3.32. The fourth-order valence-electron chi connectivity index (χ4n) is 1.54. The van der Waals surface area contributed by atoms with Crippen LogP contribution in [0.5, 0.6) is 0 Å². The molecule has 0 saturated carbocycles. The summed E-state index contributed by atoms with van der Waals surface area (Å²) in [6.07, 6.45) is -2.46. The van der Waals surface area contributed by atoms with E-state index in [1.54, 1.807) is 13.2 Å². The number of nitrogens with one attached hydrogen (secondary N) is 1. The lowest BCUT2D eigenvalue weighted by Gasteiger charge is -2.12. The molecule has 0 fully saturated rings. The maximum Gasteiger partial charge on any atom is 0.417 e. The molecule has 0 spiro atoms. The van der Waals surface area contributed by atoms with Crippen molar-refractivity contribution >= 4 is 32.6 Å². The van der Waals surface area contributed by atoms with Crippen LogP contribution in [0.2, 0.25) is 0 Å². The summed E-state index contributed by atoms with van der Waals surface area (Å²) in [4.78, 5) is 11.8. The monoisotopic (exact) mass is 385 g/mol. The van der Waals surface area contributed by atoms with E-state index in [1.807, 2.05) is 0 Å². The van der Waals surface area contributed by atoms with E-state index in [2.05, 4.69) is 21.2 Å². The minimum Gasteiger partial charge on any atom is -0.352 e. The van der Waals surface area contributed by atoms with Crippen molar-refractivity contribution in [3.05, 3.63) is 33.8 Å². The van der Waals surface area contributed by atoms with Crippen molar-refractivity contribution in [2.45, 2.75) is 24.8 Å². The molecule has 1 aromatic rings. The van der Waals surface area contributed by atoms with Gasteiger partial charge in [-0.2, -0.15) is 13.2 Å². The number of hydrogen-bond acceptors (Lipinski definition) is 2. The van der Waals surface area contributed by atoms with Crippen LogP contribution >= 0.6 is 15.9 Å². The first kappa shape index (κ1) is 18.2. The highest BCUT2D eigenvalue weighted by molar-refractivity contribution is 9.10. The molecular formula is C13H15BrF3NO2S. The van der Waals surface area contributed by atoms with E-state index >= 15 is 0 Å². The normalized spacial score (nSPS) is 14.6. The average molecular weight is 386 g/mol. The van der Waals surface area contributed by atoms with Crippen molar-refractivity contribution < 1.29 is 22.2 Å². The van der Waals surface area contributed by atoms with E-state index in [9.17, 15) is 22.2 Å². The van der Waals surface area contributed by atoms with Crippen LogP contribution in [0, 0.1) is 0 Å². The van der Waals surface area contributed by atoms with Crippen LogP contribution in [-0.2, 0) is 17.0 Å². The van der Waals surface area contributed by atoms with Gasteiger partial charge >= 0.3 is 6.18 Å². The molecule has 3 nitrogen and oxygen atoms in total. The molecule has 0 heterocycles.